The number of halogens is 2. The molecule has 1 rings (SSSR count). The summed E-state index contributed by atoms with van der Waals surface area (Å²) in [5.74, 6) is 0. The third-order valence-electron chi connectivity index (χ3n) is 3.44. The van der Waals surface area contributed by atoms with Gasteiger partial charge in [0.05, 0.1) is 0 Å². The molecule has 1 saturated heterocycles. The van der Waals surface area contributed by atoms with Gasteiger partial charge in [-0.25, -0.2) is 0 Å². The molecule has 1 fully saturated rings. The normalized spacial score (nSPS) is 19.5. The largest absolute Gasteiger partial charge is 2.00 e. The van der Waals surface area contributed by atoms with Crippen LogP contribution in [-0.2, 0) is 4.43 Å². The first-order chi connectivity index (χ1) is 6.33. The number of hydrogen-bond acceptors (Lipinski definition) is 1. The first kappa shape index (κ1) is 28.3. The Bertz CT molecular complexity index is 200. The van der Waals surface area contributed by atoms with Gasteiger partial charge in [0.15, 0.2) is 8.32 Å². The Morgan fingerprint density at radius 2 is 1.67 bits per heavy atom. The van der Waals surface area contributed by atoms with Crippen LogP contribution in [-0.4, -0.2) is 50.6 Å². The number of nitrogens with zero attached hydrogens (tertiary/aromatic N) is 1. The molecule has 7 heteroatoms. The first-order valence-electron chi connectivity index (χ1n) is 5.64. The van der Waals surface area contributed by atoms with Gasteiger partial charge in [-0.1, -0.05) is 27.2 Å². The van der Waals surface area contributed by atoms with Crippen LogP contribution in [0.4, 0.5) is 0 Å². The van der Waals surface area contributed by atoms with Crippen LogP contribution < -0.4 is 43.7 Å². The Balaban J connectivity index is -0.000000245. The van der Waals surface area contributed by atoms with Crippen LogP contribution in [0, 0.1) is 0 Å². The summed E-state index contributed by atoms with van der Waals surface area (Å²) in [7, 11) is -1.55. The molecule has 100 valence electrons. The summed E-state index contributed by atoms with van der Waals surface area (Å²) in [6, 6.07) is 0. The Kier molecular flexibility index (Phi) is 18.4. The van der Waals surface area contributed by atoms with Gasteiger partial charge in [0.25, 0.3) is 0 Å². The van der Waals surface area contributed by atoms with E-state index in [1.165, 1.54) is 12.8 Å². The minimum atomic E-state index is -1.55. The fourth-order valence-corrected chi connectivity index (χ4v) is 2.83. The molecule has 0 aliphatic carbocycles. The third kappa shape index (κ3) is 9.10. The maximum Gasteiger partial charge on any atom is 2.00 e. The van der Waals surface area contributed by atoms with Crippen molar-refractivity contribution in [2.45, 2.75) is 57.8 Å². The van der Waals surface area contributed by atoms with E-state index >= 15 is 0 Å². The minimum absolute atomic E-state index is 0. The summed E-state index contributed by atoms with van der Waals surface area (Å²) in [5.41, 5.74) is 0. The predicted octanol–water partition coefficient (Wildman–Crippen LogP) is -5.82. The van der Waals surface area contributed by atoms with E-state index < -0.39 is 8.32 Å². The zero-order valence-electron chi connectivity index (χ0n) is 12.7. The smallest absolute Gasteiger partial charge is 1.00 e. The first-order valence-corrected chi connectivity index (χ1v) is 8.55. The molecular formula is C11H24Cl2LiMgNOSi. The quantitative estimate of drug-likeness (QED) is 0.466. The van der Waals surface area contributed by atoms with Crippen LogP contribution in [0.5, 0.6) is 0 Å². The van der Waals surface area contributed by atoms with Gasteiger partial charge in [-0.05, 0) is 24.6 Å². The molecule has 0 aromatic carbocycles. The molecule has 1 atom stereocenters. The second kappa shape index (κ2) is 11.7. The summed E-state index contributed by atoms with van der Waals surface area (Å²) in [5, 5.41) is 4.75. The number of hydrogen-bond donors (Lipinski definition) is 0. The zero-order valence-corrected chi connectivity index (χ0v) is 16.7. The van der Waals surface area contributed by atoms with Crippen LogP contribution in [0.3, 0.4) is 0 Å². The summed E-state index contributed by atoms with van der Waals surface area (Å²) in [6.07, 6.45) is 2.82. The molecule has 0 amide bonds. The van der Waals surface area contributed by atoms with Crippen LogP contribution in [0.15, 0.2) is 0 Å². The van der Waals surface area contributed by atoms with Gasteiger partial charge in [-0.3, -0.25) is 0 Å². The summed E-state index contributed by atoms with van der Waals surface area (Å²) in [4.78, 5) is 0. The van der Waals surface area contributed by atoms with Gasteiger partial charge in [-0.15, -0.1) is 13.1 Å². The van der Waals surface area contributed by atoms with Crippen molar-refractivity contribution in [3.63, 3.8) is 0 Å². The van der Waals surface area contributed by atoms with Crippen molar-refractivity contribution >= 4 is 31.4 Å². The van der Waals surface area contributed by atoms with Crippen molar-refractivity contribution in [3.05, 3.63) is 5.32 Å². The molecule has 0 aromatic heterocycles. The molecule has 1 aliphatic rings. The van der Waals surface area contributed by atoms with Gasteiger partial charge >= 0.3 is 41.9 Å². The van der Waals surface area contributed by atoms with E-state index in [1.807, 2.05) is 0 Å². The molecule has 0 radical (unpaired) electrons. The maximum absolute atomic E-state index is 6.29. The van der Waals surface area contributed by atoms with Crippen molar-refractivity contribution in [1.82, 2.24) is 0 Å². The van der Waals surface area contributed by atoms with Crippen molar-refractivity contribution in [3.8, 4) is 0 Å². The van der Waals surface area contributed by atoms with Crippen LogP contribution in [0.25, 0.3) is 5.32 Å². The average Bonchev–Trinajstić information content (AvgIpc) is 2.03. The topological polar surface area (TPSA) is 23.3 Å². The van der Waals surface area contributed by atoms with E-state index in [4.69, 9.17) is 4.43 Å². The maximum atomic E-state index is 6.29. The van der Waals surface area contributed by atoms with E-state index in [2.05, 4.69) is 39.2 Å². The molecule has 2 nitrogen and oxygen atoms in total. The molecule has 0 saturated carbocycles. The predicted molar refractivity (Wildman–Crippen MR) is 70.2 cm³/mol. The van der Waals surface area contributed by atoms with Crippen molar-refractivity contribution in [2.24, 2.45) is 0 Å². The summed E-state index contributed by atoms with van der Waals surface area (Å²) >= 11 is 0. The van der Waals surface area contributed by atoms with E-state index in [1.54, 1.807) is 0 Å². The van der Waals surface area contributed by atoms with Gasteiger partial charge in [-0.2, -0.15) is 0 Å². The van der Waals surface area contributed by atoms with Gasteiger partial charge in [0.2, 0.25) is 0 Å². The fraction of sp³-hybridized carbons (Fsp3) is 1.00. The zero-order chi connectivity index (χ0) is 10.8. The summed E-state index contributed by atoms with van der Waals surface area (Å²) in [6.45, 7) is 13.5. The molecule has 0 aromatic rings. The van der Waals surface area contributed by atoms with E-state index in [9.17, 15) is 0 Å². The van der Waals surface area contributed by atoms with E-state index in [0.29, 0.717) is 11.1 Å². The Labute approximate surface area is 154 Å². The Hall–Kier alpha value is 2.08. The Morgan fingerprint density at radius 1 is 1.17 bits per heavy atom. The fourth-order valence-electron chi connectivity index (χ4n) is 1.45. The van der Waals surface area contributed by atoms with E-state index in [0.717, 1.165) is 13.1 Å². The monoisotopic (exact) mass is 315 g/mol. The second-order valence-electron chi connectivity index (χ2n) is 5.77. The minimum Gasteiger partial charge on any atom is -1.00 e. The number of piperidine rings is 1. The Morgan fingerprint density at radius 3 is 2.00 bits per heavy atom. The van der Waals surface area contributed by atoms with Gasteiger partial charge in [0, 0.05) is 6.10 Å². The molecule has 0 bridgehead atoms. The number of rotatable bonds is 2. The van der Waals surface area contributed by atoms with Gasteiger partial charge < -0.3 is 34.6 Å². The molecule has 0 spiro atoms. The molecule has 0 N–H and O–H groups in total. The standard InChI is InChI=1S/C11H24NOSi.2ClH.Li.Mg/c1-11(2,3)14(4,5)13-10-7-6-8-12-9-10;;;;/h10H,6-9H2,1-5H3;2*1H;;/q-1;;;+1;+2/p-2. The van der Waals surface area contributed by atoms with Crippen molar-refractivity contribution < 1.29 is 48.1 Å². The van der Waals surface area contributed by atoms with Gasteiger partial charge in [0.1, 0.15) is 0 Å². The SMILES string of the molecule is CC(C)(C)[Si](C)(C)OC1CCC[N-]C1.[Cl-].[Cl-].[Li+].[Mg+2]. The average molecular weight is 317 g/mol. The molecule has 1 aliphatic heterocycles. The van der Waals surface area contributed by atoms with Crippen LogP contribution >= 0.6 is 0 Å². The molecule has 1 heterocycles. The summed E-state index contributed by atoms with van der Waals surface area (Å²) < 4.78 is 6.29. The molecule has 1 unspecified atom stereocenters. The van der Waals surface area contributed by atoms with Crippen LogP contribution in [0.2, 0.25) is 18.1 Å². The second-order valence-corrected chi connectivity index (χ2v) is 10.5. The third-order valence-corrected chi connectivity index (χ3v) is 7.98. The molecule has 18 heavy (non-hydrogen) atoms. The van der Waals surface area contributed by atoms with Crippen LogP contribution in [0.1, 0.15) is 33.6 Å². The van der Waals surface area contributed by atoms with Crippen molar-refractivity contribution in [1.29, 1.82) is 0 Å². The van der Waals surface area contributed by atoms with Crippen molar-refractivity contribution in [2.75, 3.05) is 13.1 Å². The van der Waals surface area contributed by atoms with E-state index in [-0.39, 0.29) is 66.7 Å². The molecular weight excluding hydrogens is 292 g/mol.